The van der Waals surface area contributed by atoms with Gasteiger partial charge in [0.1, 0.15) is 0 Å². The van der Waals surface area contributed by atoms with E-state index in [0.717, 1.165) is 12.0 Å². The highest BCUT2D eigenvalue weighted by atomic mass is 15.0. The third-order valence-electron chi connectivity index (χ3n) is 2.94. The minimum atomic E-state index is 0.750. The van der Waals surface area contributed by atoms with Crippen molar-refractivity contribution < 1.29 is 0 Å². The van der Waals surface area contributed by atoms with Gasteiger partial charge in [-0.3, -0.25) is 0 Å². The summed E-state index contributed by atoms with van der Waals surface area (Å²) in [7, 11) is 0. The smallest absolute Gasteiger partial charge is 0.0192 e. The Balaban J connectivity index is 1.79. The zero-order chi connectivity index (χ0) is 10.2. The van der Waals surface area contributed by atoms with Crippen molar-refractivity contribution in [3.63, 3.8) is 0 Å². The predicted octanol–water partition coefficient (Wildman–Crippen LogP) is 2.15. The van der Waals surface area contributed by atoms with Crippen molar-refractivity contribution in [2.75, 3.05) is 19.6 Å². The maximum absolute atomic E-state index is 3.54. The molecule has 1 rings (SSSR count). The van der Waals surface area contributed by atoms with Crippen molar-refractivity contribution in [1.29, 1.82) is 0 Å². The monoisotopic (exact) mass is 198 g/mol. The van der Waals surface area contributed by atoms with Crippen molar-refractivity contribution in [3.05, 3.63) is 0 Å². The molecule has 2 heteroatoms. The molecule has 0 saturated carbocycles. The van der Waals surface area contributed by atoms with Crippen LogP contribution in [0.25, 0.3) is 0 Å². The first-order valence-electron chi connectivity index (χ1n) is 6.23. The van der Waals surface area contributed by atoms with Crippen LogP contribution in [0.15, 0.2) is 0 Å². The molecule has 1 heterocycles. The third kappa shape index (κ3) is 5.61. The van der Waals surface area contributed by atoms with Crippen molar-refractivity contribution in [2.45, 2.75) is 52.0 Å². The van der Waals surface area contributed by atoms with E-state index in [1.807, 2.05) is 0 Å². The molecule has 0 radical (unpaired) electrons. The van der Waals surface area contributed by atoms with Crippen LogP contribution in [-0.4, -0.2) is 25.7 Å². The minimum absolute atomic E-state index is 0.750. The molecule has 0 aromatic heterocycles. The fourth-order valence-corrected chi connectivity index (χ4v) is 2.01. The molecule has 14 heavy (non-hydrogen) atoms. The van der Waals surface area contributed by atoms with E-state index in [9.17, 15) is 0 Å². The molecule has 0 aliphatic carbocycles. The van der Waals surface area contributed by atoms with Crippen molar-refractivity contribution in [3.8, 4) is 0 Å². The van der Waals surface area contributed by atoms with Gasteiger partial charge in [0.2, 0.25) is 0 Å². The van der Waals surface area contributed by atoms with Gasteiger partial charge in [-0.25, -0.2) is 0 Å². The second kappa shape index (κ2) is 7.24. The SMILES string of the molecule is CC(C)CCCCNCC1CCCN1. The van der Waals surface area contributed by atoms with Crippen molar-refractivity contribution >= 4 is 0 Å². The van der Waals surface area contributed by atoms with Crippen molar-refractivity contribution in [2.24, 2.45) is 5.92 Å². The Kier molecular flexibility index (Phi) is 6.20. The van der Waals surface area contributed by atoms with Gasteiger partial charge < -0.3 is 10.6 Å². The van der Waals surface area contributed by atoms with Crippen LogP contribution in [0.3, 0.4) is 0 Å². The van der Waals surface area contributed by atoms with Crippen molar-refractivity contribution in [1.82, 2.24) is 10.6 Å². The number of hydrogen-bond donors (Lipinski definition) is 2. The first-order chi connectivity index (χ1) is 6.79. The van der Waals surface area contributed by atoms with E-state index in [2.05, 4.69) is 24.5 Å². The standard InChI is InChI=1S/C12H26N2/c1-11(2)6-3-4-8-13-10-12-7-5-9-14-12/h11-14H,3-10H2,1-2H3. The fraction of sp³-hybridized carbons (Fsp3) is 1.00. The summed E-state index contributed by atoms with van der Waals surface area (Å²) in [6.45, 7) is 8.19. The molecule has 0 amide bonds. The first kappa shape index (κ1) is 12.0. The summed E-state index contributed by atoms with van der Waals surface area (Å²) in [5, 5.41) is 7.04. The Labute approximate surface area is 88.8 Å². The molecule has 0 aromatic carbocycles. The van der Waals surface area contributed by atoms with Crippen LogP contribution in [0, 0.1) is 5.92 Å². The van der Waals surface area contributed by atoms with E-state index in [1.54, 1.807) is 0 Å². The third-order valence-corrected chi connectivity index (χ3v) is 2.94. The van der Waals surface area contributed by atoms with Gasteiger partial charge in [-0.1, -0.05) is 26.7 Å². The first-order valence-corrected chi connectivity index (χ1v) is 6.23. The number of hydrogen-bond acceptors (Lipinski definition) is 2. The zero-order valence-electron chi connectivity index (χ0n) is 9.81. The quantitative estimate of drug-likeness (QED) is 0.613. The molecule has 1 aliphatic heterocycles. The van der Waals surface area contributed by atoms with Gasteiger partial charge in [0.15, 0.2) is 0 Å². The second-order valence-corrected chi connectivity index (χ2v) is 4.89. The number of unbranched alkanes of at least 4 members (excludes halogenated alkanes) is 1. The highest BCUT2D eigenvalue weighted by Crippen LogP contribution is 2.06. The van der Waals surface area contributed by atoms with Crippen LogP contribution < -0.4 is 10.6 Å². The normalized spacial score (nSPS) is 22.1. The summed E-state index contributed by atoms with van der Waals surface area (Å²) < 4.78 is 0. The molecule has 1 aliphatic rings. The lowest BCUT2D eigenvalue weighted by atomic mass is 10.1. The van der Waals surface area contributed by atoms with E-state index in [1.165, 1.54) is 51.7 Å². The van der Waals surface area contributed by atoms with Crippen LogP contribution in [0.5, 0.6) is 0 Å². The Morgan fingerprint density at radius 1 is 1.36 bits per heavy atom. The van der Waals surface area contributed by atoms with Crippen LogP contribution >= 0.6 is 0 Å². The molecule has 2 N–H and O–H groups in total. The Morgan fingerprint density at radius 3 is 2.86 bits per heavy atom. The molecule has 84 valence electrons. The van der Waals surface area contributed by atoms with Gasteiger partial charge in [0, 0.05) is 12.6 Å². The van der Waals surface area contributed by atoms with E-state index >= 15 is 0 Å². The average Bonchev–Trinajstić information content (AvgIpc) is 2.63. The topological polar surface area (TPSA) is 24.1 Å². The average molecular weight is 198 g/mol. The van der Waals surface area contributed by atoms with E-state index in [0.29, 0.717) is 0 Å². The van der Waals surface area contributed by atoms with Gasteiger partial charge in [-0.2, -0.15) is 0 Å². The molecule has 1 atom stereocenters. The van der Waals surface area contributed by atoms with Crippen LogP contribution in [0.1, 0.15) is 46.0 Å². The summed E-state index contributed by atoms with van der Waals surface area (Å²) in [6.07, 6.45) is 6.82. The van der Waals surface area contributed by atoms with Gasteiger partial charge in [-0.05, 0) is 38.3 Å². The highest BCUT2D eigenvalue weighted by molar-refractivity contribution is 4.75. The number of rotatable bonds is 7. The maximum Gasteiger partial charge on any atom is 0.0192 e. The lowest BCUT2D eigenvalue weighted by Gasteiger charge is -2.11. The molecule has 0 aromatic rings. The lowest BCUT2D eigenvalue weighted by molar-refractivity contribution is 0.495. The minimum Gasteiger partial charge on any atom is -0.315 e. The lowest BCUT2D eigenvalue weighted by Crippen LogP contribution is -2.34. The van der Waals surface area contributed by atoms with Crippen LogP contribution in [0.2, 0.25) is 0 Å². The maximum atomic E-state index is 3.54. The van der Waals surface area contributed by atoms with Gasteiger partial charge in [0.05, 0.1) is 0 Å². The molecule has 1 saturated heterocycles. The largest absolute Gasteiger partial charge is 0.315 e. The predicted molar refractivity (Wildman–Crippen MR) is 62.6 cm³/mol. The molecule has 2 nitrogen and oxygen atoms in total. The molecule has 0 spiro atoms. The Bertz CT molecular complexity index is 128. The fourth-order valence-electron chi connectivity index (χ4n) is 2.01. The Hall–Kier alpha value is -0.0800. The molecule has 1 fully saturated rings. The van der Waals surface area contributed by atoms with Gasteiger partial charge >= 0.3 is 0 Å². The van der Waals surface area contributed by atoms with E-state index in [-0.39, 0.29) is 0 Å². The van der Waals surface area contributed by atoms with Crippen LogP contribution in [-0.2, 0) is 0 Å². The summed E-state index contributed by atoms with van der Waals surface area (Å²) in [6, 6.07) is 0.750. The summed E-state index contributed by atoms with van der Waals surface area (Å²) in [5.41, 5.74) is 0. The van der Waals surface area contributed by atoms with E-state index < -0.39 is 0 Å². The molecular weight excluding hydrogens is 172 g/mol. The zero-order valence-corrected chi connectivity index (χ0v) is 9.81. The summed E-state index contributed by atoms with van der Waals surface area (Å²) in [5.74, 6) is 0.867. The summed E-state index contributed by atoms with van der Waals surface area (Å²) >= 11 is 0. The molecule has 1 unspecified atom stereocenters. The van der Waals surface area contributed by atoms with Crippen LogP contribution in [0.4, 0.5) is 0 Å². The Morgan fingerprint density at radius 2 is 2.21 bits per heavy atom. The van der Waals surface area contributed by atoms with Gasteiger partial charge in [-0.15, -0.1) is 0 Å². The summed E-state index contributed by atoms with van der Waals surface area (Å²) in [4.78, 5) is 0. The highest BCUT2D eigenvalue weighted by Gasteiger charge is 2.12. The van der Waals surface area contributed by atoms with Gasteiger partial charge in [0.25, 0.3) is 0 Å². The molecular formula is C12H26N2. The number of nitrogens with one attached hydrogen (secondary N) is 2. The second-order valence-electron chi connectivity index (χ2n) is 4.89. The molecule has 0 bridgehead atoms. The van der Waals surface area contributed by atoms with E-state index in [4.69, 9.17) is 0 Å².